The molecule has 2 atom stereocenters. The summed E-state index contributed by atoms with van der Waals surface area (Å²) in [4.78, 5) is 4.19. The first-order valence-electron chi connectivity index (χ1n) is 5.49. The van der Waals surface area contributed by atoms with Gasteiger partial charge in [-0.3, -0.25) is 0 Å². The molecule has 2 unspecified atom stereocenters. The highest BCUT2D eigenvalue weighted by Gasteiger charge is 2.31. The molecule has 0 radical (unpaired) electrons. The molecule has 4 heteroatoms. The number of hydrogen-bond donors (Lipinski definition) is 1. The van der Waals surface area contributed by atoms with E-state index >= 15 is 0 Å². The highest BCUT2D eigenvalue weighted by atomic mass is 16.5. The fourth-order valence-electron chi connectivity index (χ4n) is 2.20. The number of hydrogen-bond acceptors (Lipinski definition) is 3. The lowest BCUT2D eigenvalue weighted by molar-refractivity contribution is 0.00793. The molecule has 84 valence electrons. The molecule has 1 aromatic heterocycles. The van der Waals surface area contributed by atoms with E-state index in [0.29, 0.717) is 0 Å². The SMILES string of the molecule is CC(N)c1cncn1C1(C)CCCOC1. The predicted molar refractivity (Wildman–Crippen MR) is 58.5 cm³/mol. The smallest absolute Gasteiger partial charge is 0.0954 e. The first-order chi connectivity index (χ1) is 7.13. The lowest BCUT2D eigenvalue weighted by Crippen LogP contribution is -2.40. The van der Waals surface area contributed by atoms with Gasteiger partial charge in [-0.15, -0.1) is 0 Å². The average Bonchev–Trinajstić information content (AvgIpc) is 2.67. The fraction of sp³-hybridized carbons (Fsp3) is 0.727. The largest absolute Gasteiger partial charge is 0.379 e. The first kappa shape index (κ1) is 10.6. The molecule has 0 aliphatic carbocycles. The number of ether oxygens (including phenoxy) is 1. The molecule has 0 aromatic carbocycles. The van der Waals surface area contributed by atoms with Crippen LogP contribution < -0.4 is 5.73 Å². The summed E-state index contributed by atoms with van der Waals surface area (Å²) in [5, 5.41) is 0. The Hall–Kier alpha value is -0.870. The van der Waals surface area contributed by atoms with Crippen molar-refractivity contribution in [3.63, 3.8) is 0 Å². The predicted octanol–water partition coefficient (Wildman–Crippen LogP) is 1.43. The van der Waals surface area contributed by atoms with E-state index in [1.54, 1.807) is 0 Å². The third-order valence-corrected chi connectivity index (χ3v) is 3.13. The maximum absolute atomic E-state index is 5.92. The van der Waals surface area contributed by atoms with Crippen molar-refractivity contribution >= 4 is 0 Å². The summed E-state index contributed by atoms with van der Waals surface area (Å²) in [5.41, 5.74) is 7.03. The van der Waals surface area contributed by atoms with E-state index in [4.69, 9.17) is 10.5 Å². The Morgan fingerprint density at radius 3 is 3.07 bits per heavy atom. The van der Waals surface area contributed by atoms with E-state index in [2.05, 4.69) is 16.5 Å². The fourth-order valence-corrected chi connectivity index (χ4v) is 2.20. The third kappa shape index (κ3) is 1.92. The van der Waals surface area contributed by atoms with Gasteiger partial charge < -0.3 is 15.0 Å². The maximum Gasteiger partial charge on any atom is 0.0954 e. The normalized spacial score (nSPS) is 29.0. The molecule has 1 fully saturated rings. The Balaban J connectivity index is 2.30. The van der Waals surface area contributed by atoms with Crippen molar-refractivity contribution in [2.45, 2.75) is 38.3 Å². The summed E-state index contributed by atoms with van der Waals surface area (Å²) < 4.78 is 7.73. The van der Waals surface area contributed by atoms with Gasteiger partial charge in [0.25, 0.3) is 0 Å². The van der Waals surface area contributed by atoms with Gasteiger partial charge in [0.15, 0.2) is 0 Å². The Morgan fingerprint density at radius 2 is 2.47 bits per heavy atom. The van der Waals surface area contributed by atoms with Gasteiger partial charge in [0, 0.05) is 18.8 Å². The molecule has 2 heterocycles. The van der Waals surface area contributed by atoms with Gasteiger partial charge in [0.2, 0.25) is 0 Å². The van der Waals surface area contributed by atoms with E-state index in [9.17, 15) is 0 Å². The van der Waals surface area contributed by atoms with Gasteiger partial charge in [0.1, 0.15) is 0 Å². The molecule has 15 heavy (non-hydrogen) atoms. The highest BCUT2D eigenvalue weighted by Crippen LogP contribution is 2.29. The monoisotopic (exact) mass is 209 g/mol. The van der Waals surface area contributed by atoms with E-state index in [0.717, 1.165) is 31.7 Å². The van der Waals surface area contributed by atoms with Crippen LogP contribution >= 0.6 is 0 Å². The number of nitrogens with zero attached hydrogens (tertiary/aromatic N) is 2. The van der Waals surface area contributed by atoms with Crippen LogP contribution in [0.3, 0.4) is 0 Å². The van der Waals surface area contributed by atoms with Crippen LogP contribution in [0.5, 0.6) is 0 Å². The van der Waals surface area contributed by atoms with E-state index in [1.165, 1.54) is 0 Å². The Kier molecular flexibility index (Phi) is 2.80. The van der Waals surface area contributed by atoms with E-state index in [-0.39, 0.29) is 11.6 Å². The first-order valence-corrected chi connectivity index (χ1v) is 5.49. The molecular weight excluding hydrogens is 190 g/mol. The Bertz CT molecular complexity index is 326. The highest BCUT2D eigenvalue weighted by molar-refractivity contribution is 5.08. The molecule has 2 rings (SSSR count). The van der Waals surface area contributed by atoms with E-state index in [1.807, 2.05) is 19.4 Å². The molecule has 0 saturated carbocycles. The Labute approximate surface area is 90.4 Å². The lowest BCUT2D eigenvalue weighted by Gasteiger charge is -2.36. The van der Waals surface area contributed by atoms with Crippen molar-refractivity contribution in [2.75, 3.05) is 13.2 Å². The molecule has 0 bridgehead atoms. The third-order valence-electron chi connectivity index (χ3n) is 3.13. The summed E-state index contributed by atoms with van der Waals surface area (Å²) in [6, 6.07) is 0.0197. The van der Waals surface area contributed by atoms with Gasteiger partial charge in [-0.1, -0.05) is 0 Å². The van der Waals surface area contributed by atoms with Crippen molar-refractivity contribution in [1.29, 1.82) is 0 Å². The number of aromatic nitrogens is 2. The van der Waals surface area contributed by atoms with Crippen LogP contribution in [0.2, 0.25) is 0 Å². The van der Waals surface area contributed by atoms with Gasteiger partial charge >= 0.3 is 0 Å². The van der Waals surface area contributed by atoms with Gasteiger partial charge in [0.05, 0.1) is 24.2 Å². The van der Waals surface area contributed by atoms with Gasteiger partial charge in [-0.05, 0) is 26.7 Å². The van der Waals surface area contributed by atoms with Crippen LogP contribution in [-0.4, -0.2) is 22.8 Å². The van der Waals surface area contributed by atoms with Gasteiger partial charge in [-0.25, -0.2) is 4.98 Å². The maximum atomic E-state index is 5.92. The second-order valence-electron chi connectivity index (χ2n) is 4.63. The van der Waals surface area contributed by atoms with Crippen molar-refractivity contribution < 1.29 is 4.74 Å². The summed E-state index contributed by atoms with van der Waals surface area (Å²) in [6.45, 7) is 5.82. The summed E-state index contributed by atoms with van der Waals surface area (Å²) in [7, 11) is 0. The summed E-state index contributed by atoms with van der Waals surface area (Å²) in [6.07, 6.45) is 5.95. The zero-order valence-electron chi connectivity index (χ0n) is 9.44. The zero-order valence-corrected chi connectivity index (χ0v) is 9.44. The van der Waals surface area contributed by atoms with Crippen LogP contribution in [-0.2, 0) is 10.3 Å². The lowest BCUT2D eigenvalue weighted by atomic mass is 9.94. The van der Waals surface area contributed by atoms with Crippen LogP contribution in [0, 0.1) is 0 Å². The molecule has 1 aliphatic heterocycles. The molecule has 4 nitrogen and oxygen atoms in total. The number of nitrogens with two attached hydrogens (primary N) is 1. The molecule has 1 saturated heterocycles. The zero-order chi connectivity index (χ0) is 10.9. The molecule has 1 aromatic rings. The molecule has 0 amide bonds. The minimum Gasteiger partial charge on any atom is -0.379 e. The summed E-state index contributed by atoms with van der Waals surface area (Å²) >= 11 is 0. The van der Waals surface area contributed by atoms with E-state index < -0.39 is 0 Å². The second kappa shape index (κ2) is 3.94. The summed E-state index contributed by atoms with van der Waals surface area (Å²) in [5.74, 6) is 0. The minimum atomic E-state index is 0.0197. The van der Waals surface area contributed by atoms with Crippen molar-refractivity contribution in [3.05, 3.63) is 18.2 Å². The van der Waals surface area contributed by atoms with Crippen molar-refractivity contribution in [1.82, 2.24) is 9.55 Å². The van der Waals surface area contributed by atoms with Crippen LogP contribution in [0.4, 0.5) is 0 Å². The van der Waals surface area contributed by atoms with Crippen LogP contribution in [0.1, 0.15) is 38.4 Å². The molecular formula is C11H19N3O. The molecule has 0 spiro atoms. The van der Waals surface area contributed by atoms with Crippen LogP contribution in [0.25, 0.3) is 0 Å². The molecule has 1 aliphatic rings. The second-order valence-corrected chi connectivity index (χ2v) is 4.63. The average molecular weight is 209 g/mol. The van der Waals surface area contributed by atoms with Crippen LogP contribution in [0.15, 0.2) is 12.5 Å². The quantitative estimate of drug-likeness (QED) is 0.801. The Morgan fingerprint density at radius 1 is 1.67 bits per heavy atom. The van der Waals surface area contributed by atoms with Crippen molar-refractivity contribution in [3.8, 4) is 0 Å². The topological polar surface area (TPSA) is 53.1 Å². The number of imidazole rings is 1. The standard InChI is InChI=1S/C11H19N3O/c1-9(12)10-6-13-8-14(10)11(2)4-3-5-15-7-11/h6,8-9H,3-5,7,12H2,1-2H3. The van der Waals surface area contributed by atoms with Gasteiger partial charge in [-0.2, -0.15) is 0 Å². The number of rotatable bonds is 2. The van der Waals surface area contributed by atoms with Crippen molar-refractivity contribution in [2.24, 2.45) is 5.73 Å². The minimum absolute atomic E-state index is 0.0197. The molecule has 2 N–H and O–H groups in total.